The number of nitrogens with two attached hydrogens (primary N) is 1. The third kappa shape index (κ3) is 13.0. The SMILES string of the molecule is CN(C(=O)OC(C)(C)C)[C@@H]1[C@@H](O)[C@@H](O[C@@H]2[C@@H](O)[C@H](O[C@@H]3CCC=C(CN)O3)[C@@H](NC(=O)OC(C)(C)C)C[C@H]2NC(=O)C2(O)CC(NC(=O)OC(C)(C)C)C2)OC[C@]1(C)O. The summed E-state index contributed by atoms with van der Waals surface area (Å²) in [7, 11) is 1.34. The summed E-state index contributed by atoms with van der Waals surface area (Å²) in [5.74, 6) is -0.412. The molecule has 338 valence electrons. The van der Waals surface area contributed by atoms with E-state index >= 15 is 0 Å². The van der Waals surface area contributed by atoms with E-state index in [1.807, 2.05) is 6.08 Å². The maximum absolute atomic E-state index is 13.9. The summed E-state index contributed by atoms with van der Waals surface area (Å²) < 4.78 is 40.7. The van der Waals surface area contributed by atoms with E-state index in [1.165, 1.54) is 14.0 Å². The van der Waals surface area contributed by atoms with Gasteiger partial charge in [0.15, 0.2) is 12.6 Å². The van der Waals surface area contributed by atoms with Crippen molar-refractivity contribution in [2.45, 2.75) is 191 Å². The van der Waals surface area contributed by atoms with E-state index in [4.69, 9.17) is 38.9 Å². The number of likely N-dealkylation sites (N-methyl/N-ethyl adjacent to an activating group) is 1. The molecule has 10 atom stereocenters. The van der Waals surface area contributed by atoms with Crippen molar-refractivity contribution >= 4 is 24.2 Å². The number of rotatable bonds is 10. The first-order valence-electron chi connectivity index (χ1n) is 20.1. The first kappa shape index (κ1) is 48.2. The van der Waals surface area contributed by atoms with E-state index in [1.54, 1.807) is 62.3 Å². The highest BCUT2D eigenvalue weighted by atomic mass is 16.7. The third-order valence-electron chi connectivity index (χ3n) is 10.0. The Morgan fingerprint density at radius 3 is 1.95 bits per heavy atom. The number of hydrogen-bond donors (Lipinski definition) is 8. The molecule has 9 N–H and O–H groups in total. The van der Waals surface area contributed by atoms with E-state index < -0.39 is 120 Å². The maximum Gasteiger partial charge on any atom is 0.410 e. The molecule has 0 bridgehead atoms. The topological polar surface area (TPSA) is 279 Å². The second kappa shape index (κ2) is 18.2. The molecule has 20 nitrogen and oxygen atoms in total. The van der Waals surface area contributed by atoms with Crippen LogP contribution >= 0.6 is 0 Å². The van der Waals surface area contributed by atoms with Gasteiger partial charge in [-0.05, 0) is 88.2 Å². The highest BCUT2D eigenvalue weighted by molar-refractivity contribution is 5.87. The Bertz CT molecular complexity index is 1530. The summed E-state index contributed by atoms with van der Waals surface area (Å²) in [5, 5.41) is 54.8. The van der Waals surface area contributed by atoms with Crippen LogP contribution in [0.15, 0.2) is 11.8 Å². The van der Waals surface area contributed by atoms with Crippen LogP contribution in [0.1, 0.15) is 101 Å². The number of carbonyl (C=O) groups is 4. The minimum atomic E-state index is -1.96. The van der Waals surface area contributed by atoms with Crippen molar-refractivity contribution < 1.29 is 72.8 Å². The first-order valence-corrected chi connectivity index (χ1v) is 20.1. The monoisotopic (exact) mass is 845 g/mol. The van der Waals surface area contributed by atoms with Crippen molar-refractivity contribution in [3.05, 3.63) is 11.8 Å². The van der Waals surface area contributed by atoms with Gasteiger partial charge in [-0.2, -0.15) is 0 Å². The van der Waals surface area contributed by atoms with Crippen molar-refractivity contribution in [2.24, 2.45) is 5.73 Å². The molecule has 59 heavy (non-hydrogen) atoms. The number of ether oxygens (including phenoxy) is 7. The molecule has 20 heteroatoms. The standard InChI is InChI=1S/C39H67N5O15/c1-35(2,3)57-32(48)41-20-16-39(52,17-20)31(47)42-22-15-23(43-33(49)58-36(4,5)6)27(55-24-14-12-13-21(18-40)54-24)25(45)28(22)56-30-26(46)29(38(10,51)19-53-30)44(11)34(50)59-37(7,8)9/h13,20,22-30,45-46,51-52H,12,14-19,40H2,1-11H3,(H,41,48)(H,42,47)(H,43,49)/t20?,22-,23+,24-,25+,26-,27-,28+,29-,30-,38+,39?/m1/s1. The van der Waals surface area contributed by atoms with Gasteiger partial charge in [-0.15, -0.1) is 0 Å². The zero-order valence-electron chi connectivity index (χ0n) is 36.1. The first-order chi connectivity index (χ1) is 27.0. The molecule has 0 aromatic carbocycles. The molecule has 4 aliphatic rings. The van der Waals surface area contributed by atoms with Crippen LogP contribution in [0.4, 0.5) is 14.4 Å². The lowest BCUT2D eigenvalue weighted by atomic mass is 9.74. The molecular weight excluding hydrogens is 778 g/mol. The molecule has 4 amide bonds. The van der Waals surface area contributed by atoms with E-state index in [2.05, 4.69) is 16.0 Å². The molecule has 3 fully saturated rings. The molecular formula is C39H67N5O15. The normalized spacial score (nSPS) is 35.2. The molecule has 2 saturated carbocycles. The van der Waals surface area contributed by atoms with Crippen LogP contribution in [-0.4, -0.2) is 159 Å². The molecule has 2 aliphatic carbocycles. The largest absolute Gasteiger partial charge is 0.468 e. The summed E-state index contributed by atoms with van der Waals surface area (Å²) in [6, 6.07) is -4.22. The van der Waals surface area contributed by atoms with Crippen LogP contribution < -0.4 is 21.7 Å². The van der Waals surface area contributed by atoms with Gasteiger partial charge in [0.25, 0.3) is 5.91 Å². The van der Waals surface area contributed by atoms with Crippen molar-refractivity contribution in [3.8, 4) is 0 Å². The Labute approximate surface area is 345 Å². The molecule has 0 aromatic heterocycles. The summed E-state index contributed by atoms with van der Waals surface area (Å²) in [6.45, 7) is 16.1. The van der Waals surface area contributed by atoms with Crippen LogP contribution in [0.2, 0.25) is 0 Å². The number of allylic oxidation sites excluding steroid dienone is 1. The number of aliphatic hydroxyl groups is 4. The second-order valence-corrected chi connectivity index (χ2v) is 19.1. The number of nitrogens with zero attached hydrogens (tertiary/aromatic N) is 1. The van der Waals surface area contributed by atoms with Crippen LogP contribution in [0.25, 0.3) is 0 Å². The van der Waals surface area contributed by atoms with Crippen LogP contribution in [0.5, 0.6) is 0 Å². The van der Waals surface area contributed by atoms with Gasteiger partial charge in [0, 0.05) is 32.4 Å². The number of hydrogen-bond acceptors (Lipinski definition) is 16. The Morgan fingerprint density at radius 2 is 1.39 bits per heavy atom. The Kier molecular flexibility index (Phi) is 14.9. The van der Waals surface area contributed by atoms with E-state index in [0.717, 1.165) is 4.90 Å². The molecule has 1 saturated heterocycles. The van der Waals surface area contributed by atoms with Crippen molar-refractivity contribution in [1.82, 2.24) is 20.9 Å². The third-order valence-corrected chi connectivity index (χ3v) is 10.0. The van der Waals surface area contributed by atoms with E-state index in [0.29, 0.717) is 18.6 Å². The van der Waals surface area contributed by atoms with Crippen LogP contribution in [-0.2, 0) is 38.0 Å². The van der Waals surface area contributed by atoms with E-state index in [9.17, 15) is 39.6 Å². The van der Waals surface area contributed by atoms with Gasteiger partial charge in [0.2, 0.25) is 0 Å². The van der Waals surface area contributed by atoms with Gasteiger partial charge >= 0.3 is 18.3 Å². The Balaban J connectivity index is 1.65. The summed E-state index contributed by atoms with van der Waals surface area (Å²) in [5.41, 5.74) is -0.523. The lowest BCUT2D eigenvalue weighted by Gasteiger charge is -2.51. The maximum atomic E-state index is 13.9. The van der Waals surface area contributed by atoms with Gasteiger partial charge in [-0.25, -0.2) is 14.4 Å². The number of alkyl carbamates (subject to hydrolysis) is 2. The van der Waals surface area contributed by atoms with Gasteiger partial charge < -0.3 is 80.2 Å². The number of carbonyl (C=O) groups excluding carboxylic acids is 4. The zero-order chi connectivity index (χ0) is 44.5. The second-order valence-electron chi connectivity index (χ2n) is 19.1. The lowest BCUT2D eigenvalue weighted by molar-refractivity contribution is -0.311. The fraction of sp³-hybridized carbons (Fsp3) is 0.846. The predicted octanol–water partition coefficient (Wildman–Crippen LogP) is 1.00. The Hall–Kier alpha value is -3.50. The van der Waals surface area contributed by atoms with Crippen molar-refractivity contribution in [2.75, 3.05) is 20.2 Å². The predicted molar refractivity (Wildman–Crippen MR) is 208 cm³/mol. The molecule has 0 unspecified atom stereocenters. The smallest absolute Gasteiger partial charge is 0.410 e. The molecule has 0 aromatic rings. The fourth-order valence-electron chi connectivity index (χ4n) is 7.50. The fourth-order valence-corrected chi connectivity index (χ4v) is 7.50. The van der Waals surface area contributed by atoms with Crippen LogP contribution in [0, 0.1) is 0 Å². The number of aliphatic hydroxyl groups excluding tert-OH is 2. The van der Waals surface area contributed by atoms with Gasteiger partial charge in [0.1, 0.15) is 58.2 Å². The van der Waals surface area contributed by atoms with Crippen molar-refractivity contribution in [3.63, 3.8) is 0 Å². The summed E-state index contributed by atoms with van der Waals surface area (Å²) >= 11 is 0. The molecule has 2 aliphatic heterocycles. The quantitative estimate of drug-likeness (QED) is 0.142. The molecule has 4 rings (SSSR count). The minimum absolute atomic E-state index is 0.0865. The molecule has 0 radical (unpaired) electrons. The van der Waals surface area contributed by atoms with E-state index in [-0.39, 0.29) is 25.8 Å². The van der Waals surface area contributed by atoms with Gasteiger partial charge in [-0.1, -0.05) is 0 Å². The lowest BCUT2D eigenvalue weighted by Crippen LogP contribution is -2.71. The average molecular weight is 846 g/mol. The molecule has 2 heterocycles. The Morgan fingerprint density at radius 1 is 0.847 bits per heavy atom. The highest BCUT2D eigenvalue weighted by Crippen LogP contribution is 2.37. The minimum Gasteiger partial charge on any atom is -0.468 e. The van der Waals surface area contributed by atoms with Crippen molar-refractivity contribution in [1.29, 1.82) is 0 Å². The summed E-state index contributed by atoms with van der Waals surface area (Å²) in [4.78, 5) is 53.7. The van der Waals surface area contributed by atoms with Gasteiger partial charge in [0.05, 0.1) is 31.3 Å². The zero-order valence-corrected chi connectivity index (χ0v) is 36.1. The highest BCUT2D eigenvalue weighted by Gasteiger charge is 2.56. The number of amides is 4. The van der Waals surface area contributed by atoms with Gasteiger partial charge in [-0.3, -0.25) is 4.79 Å². The average Bonchev–Trinajstić information content (AvgIpc) is 3.05. The number of nitrogens with one attached hydrogen (secondary N) is 3. The molecule has 0 spiro atoms. The summed E-state index contributed by atoms with van der Waals surface area (Å²) in [6.07, 6.45) is -8.98. The van der Waals surface area contributed by atoms with Crippen LogP contribution in [0.3, 0.4) is 0 Å².